The molecule has 3 N–H and O–H groups in total. The van der Waals surface area contributed by atoms with E-state index in [1.165, 1.54) is 16.8 Å². The molecule has 8 heteroatoms. The van der Waals surface area contributed by atoms with Crippen LogP contribution in [0.25, 0.3) is 0 Å². The largest absolute Gasteiger partial charge is 0.356 e. The molecule has 0 unspecified atom stereocenters. The van der Waals surface area contributed by atoms with E-state index in [-0.39, 0.29) is 12.1 Å². The van der Waals surface area contributed by atoms with Gasteiger partial charge < -0.3 is 9.55 Å². The van der Waals surface area contributed by atoms with E-state index in [0.29, 0.717) is 5.69 Å². The van der Waals surface area contributed by atoms with Crippen molar-refractivity contribution in [1.82, 2.24) is 20.4 Å². The van der Waals surface area contributed by atoms with Crippen LogP contribution < -0.4 is 16.4 Å². The highest BCUT2D eigenvalue weighted by atomic mass is 79.9. The summed E-state index contributed by atoms with van der Waals surface area (Å²) in [6, 6.07) is 6.15. The Morgan fingerprint density at radius 2 is 2.10 bits per heavy atom. The minimum atomic E-state index is -0.503. The van der Waals surface area contributed by atoms with Gasteiger partial charge in [-0.15, -0.1) is 0 Å². The van der Waals surface area contributed by atoms with Crippen molar-refractivity contribution in [2.75, 3.05) is 0 Å². The van der Waals surface area contributed by atoms with Crippen molar-refractivity contribution in [3.05, 3.63) is 57.2 Å². The molecule has 2 rings (SSSR count). The molecule has 0 bridgehead atoms. The maximum absolute atomic E-state index is 11.6. The molecule has 2 heterocycles. The minimum Gasteiger partial charge on any atom is -0.356 e. The van der Waals surface area contributed by atoms with E-state index in [2.05, 4.69) is 31.8 Å². The highest BCUT2D eigenvalue weighted by molar-refractivity contribution is 9.10. The third-order valence-electron chi connectivity index (χ3n) is 2.42. The van der Waals surface area contributed by atoms with E-state index in [1.807, 2.05) is 0 Å². The molecule has 0 saturated carbocycles. The van der Waals surface area contributed by atoms with Gasteiger partial charge in [0.1, 0.15) is 12.2 Å². The van der Waals surface area contributed by atoms with Crippen LogP contribution in [0.4, 0.5) is 0 Å². The number of nitrogens with one attached hydrogen (secondary N) is 3. The first kappa shape index (κ1) is 14.1. The van der Waals surface area contributed by atoms with Crippen LogP contribution in [0.5, 0.6) is 0 Å². The lowest BCUT2D eigenvalue weighted by atomic mass is 10.4. The van der Waals surface area contributed by atoms with Gasteiger partial charge in [-0.3, -0.25) is 25.2 Å². The molecule has 0 radical (unpaired) electrons. The van der Waals surface area contributed by atoms with Crippen molar-refractivity contribution in [1.29, 1.82) is 0 Å². The second-order valence-corrected chi connectivity index (χ2v) is 4.82. The third-order valence-corrected chi connectivity index (χ3v) is 2.88. The van der Waals surface area contributed by atoms with Crippen molar-refractivity contribution < 1.29 is 9.59 Å². The van der Waals surface area contributed by atoms with Crippen molar-refractivity contribution in [2.24, 2.45) is 0 Å². The Morgan fingerprint density at radius 3 is 2.75 bits per heavy atom. The van der Waals surface area contributed by atoms with E-state index in [0.717, 1.165) is 4.47 Å². The van der Waals surface area contributed by atoms with Crippen molar-refractivity contribution in [2.45, 2.75) is 6.54 Å². The van der Waals surface area contributed by atoms with E-state index in [4.69, 9.17) is 0 Å². The summed E-state index contributed by atoms with van der Waals surface area (Å²) >= 11 is 3.20. The Bertz CT molecular complexity index is 692. The quantitative estimate of drug-likeness (QED) is 0.707. The van der Waals surface area contributed by atoms with Crippen LogP contribution in [0.15, 0.2) is 45.9 Å². The summed E-state index contributed by atoms with van der Waals surface area (Å²) in [5, 5.41) is 0. The zero-order valence-corrected chi connectivity index (χ0v) is 11.8. The zero-order chi connectivity index (χ0) is 14.5. The summed E-state index contributed by atoms with van der Waals surface area (Å²) in [7, 11) is 0. The van der Waals surface area contributed by atoms with Gasteiger partial charge in [0.05, 0.1) is 0 Å². The van der Waals surface area contributed by atoms with Crippen molar-refractivity contribution in [3.8, 4) is 0 Å². The van der Waals surface area contributed by atoms with Crippen LogP contribution in [-0.4, -0.2) is 21.4 Å². The molecule has 2 aromatic rings. The predicted molar refractivity (Wildman–Crippen MR) is 74.8 cm³/mol. The second kappa shape index (κ2) is 6.20. The first-order chi connectivity index (χ1) is 9.56. The number of hydrogen-bond donors (Lipinski definition) is 3. The summed E-state index contributed by atoms with van der Waals surface area (Å²) in [6.45, 7) is -0.172. The molecule has 0 spiro atoms. The number of pyridine rings is 1. The minimum absolute atomic E-state index is 0.172. The predicted octanol–water partition coefficient (Wildman–Crippen LogP) is 0.400. The average molecular weight is 339 g/mol. The molecule has 0 saturated heterocycles. The van der Waals surface area contributed by atoms with Gasteiger partial charge in [0, 0.05) is 22.9 Å². The molecule has 2 aromatic heterocycles. The summed E-state index contributed by atoms with van der Waals surface area (Å²) in [5.74, 6) is -0.985. The molecule has 7 nitrogen and oxygen atoms in total. The van der Waals surface area contributed by atoms with Crippen LogP contribution >= 0.6 is 15.9 Å². The maximum Gasteiger partial charge on any atom is 0.286 e. The van der Waals surface area contributed by atoms with Crippen LogP contribution in [0, 0.1) is 0 Å². The van der Waals surface area contributed by atoms with Gasteiger partial charge in [-0.1, -0.05) is 6.07 Å². The molecule has 0 fully saturated rings. The number of aromatic amines is 1. The summed E-state index contributed by atoms with van der Waals surface area (Å²) < 4.78 is 1.96. The van der Waals surface area contributed by atoms with Gasteiger partial charge in [0.25, 0.3) is 17.4 Å². The second-order valence-electron chi connectivity index (χ2n) is 3.90. The Kier molecular flexibility index (Phi) is 4.36. The van der Waals surface area contributed by atoms with E-state index in [9.17, 15) is 14.4 Å². The molecule has 2 amide bonds. The molecule has 20 heavy (non-hydrogen) atoms. The summed E-state index contributed by atoms with van der Waals surface area (Å²) in [5.41, 5.74) is 4.49. The highest BCUT2D eigenvalue weighted by Gasteiger charge is 2.09. The van der Waals surface area contributed by atoms with Crippen LogP contribution in [-0.2, 0) is 11.3 Å². The topological polar surface area (TPSA) is 96.0 Å². The first-order valence-corrected chi connectivity index (χ1v) is 6.44. The summed E-state index contributed by atoms with van der Waals surface area (Å²) in [6.07, 6.45) is 3.09. The monoisotopic (exact) mass is 338 g/mol. The number of nitrogens with zero attached hydrogens (tertiary/aromatic N) is 1. The number of halogens is 1. The third kappa shape index (κ3) is 3.58. The molecule has 0 aliphatic heterocycles. The summed E-state index contributed by atoms with van der Waals surface area (Å²) in [4.78, 5) is 37.4. The van der Waals surface area contributed by atoms with Gasteiger partial charge in [0.15, 0.2) is 0 Å². The van der Waals surface area contributed by atoms with Gasteiger partial charge in [0.2, 0.25) is 0 Å². The van der Waals surface area contributed by atoms with E-state index in [1.54, 1.807) is 24.4 Å². The normalized spacial score (nSPS) is 10.1. The molecule has 104 valence electrons. The zero-order valence-electron chi connectivity index (χ0n) is 10.2. The lowest BCUT2D eigenvalue weighted by molar-refractivity contribution is -0.122. The number of amides is 2. The molecular formula is C12H11BrN4O3. The number of hydrazine groups is 1. The number of H-pyrrole nitrogens is 1. The molecule has 0 aliphatic rings. The number of carbonyl (C=O) groups excluding carboxylic acids is 2. The lowest BCUT2D eigenvalue weighted by Crippen LogP contribution is -2.44. The lowest BCUT2D eigenvalue weighted by Gasteiger charge is -2.07. The van der Waals surface area contributed by atoms with Crippen LogP contribution in [0.3, 0.4) is 0 Å². The van der Waals surface area contributed by atoms with E-state index >= 15 is 0 Å². The Balaban J connectivity index is 1.88. The molecule has 0 aliphatic carbocycles. The number of hydrogen-bond acceptors (Lipinski definition) is 3. The van der Waals surface area contributed by atoms with Gasteiger partial charge in [-0.05, 0) is 28.1 Å². The smallest absolute Gasteiger partial charge is 0.286 e. The Hall–Kier alpha value is -2.35. The van der Waals surface area contributed by atoms with E-state index < -0.39 is 11.8 Å². The fourth-order valence-electron chi connectivity index (χ4n) is 1.48. The maximum atomic E-state index is 11.6. The number of aromatic nitrogens is 2. The fraction of sp³-hybridized carbons (Fsp3) is 0.0833. The van der Waals surface area contributed by atoms with Crippen molar-refractivity contribution >= 4 is 27.7 Å². The molecule has 0 atom stereocenters. The Morgan fingerprint density at radius 1 is 1.30 bits per heavy atom. The first-order valence-electron chi connectivity index (χ1n) is 5.65. The highest BCUT2D eigenvalue weighted by Crippen LogP contribution is 2.09. The number of carbonyl (C=O) groups is 2. The SMILES string of the molecule is O=C(Cn1ccccc1=O)NNC(=O)c1cc(Br)c[nH]1. The number of rotatable bonds is 3. The Labute approximate surface area is 122 Å². The fourth-order valence-corrected chi connectivity index (χ4v) is 1.82. The molecular weight excluding hydrogens is 328 g/mol. The van der Waals surface area contributed by atoms with Gasteiger partial charge >= 0.3 is 0 Å². The molecule has 0 aromatic carbocycles. The van der Waals surface area contributed by atoms with Crippen LogP contribution in [0.2, 0.25) is 0 Å². The van der Waals surface area contributed by atoms with Crippen molar-refractivity contribution in [3.63, 3.8) is 0 Å². The average Bonchev–Trinajstić information content (AvgIpc) is 2.85. The van der Waals surface area contributed by atoms with Crippen LogP contribution in [0.1, 0.15) is 10.5 Å². The standard InChI is InChI=1S/C12H11BrN4O3/c13-8-5-9(14-6-8)12(20)16-15-10(18)7-17-4-2-1-3-11(17)19/h1-6,14H,7H2,(H,15,18)(H,16,20). The van der Waals surface area contributed by atoms with Gasteiger partial charge in [-0.2, -0.15) is 0 Å². The van der Waals surface area contributed by atoms with Gasteiger partial charge in [-0.25, -0.2) is 0 Å².